The number of nitrogen functional groups attached to an aromatic ring is 1. The summed E-state index contributed by atoms with van der Waals surface area (Å²) in [4.78, 5) is 43.4. The summed E-state index contributed by atoms with van der Waals surface area (Å²) in [6.45, 7) is 1.90. The predicted octanol–water partition coefficient (Wildman–Crippen LogP) is 1.78. The van der Waals surface area contributed by atoms with Crippen molar-refractivity contribution in [1.82, 2.24) is 10.3 Å². The molecule has 4 rings (SSSR count). The number of hydrogen-bond donors (Lipinski definition) is 3. The molecule has 10 nitrogen and oxygen atoms in total. The first-order chi connectivity index (χ1) is 14.9. The van der Waals surface area contributed by atoms with E-state index in [1.165, 1.54) is 11.1 Å². The van der Waals surface area contributed by atoms with Crippen LogP contribution in [0.2, 0.25) is 0 Å². The number of aliphatic carboxylic acids is 1. The van der Waals surface area contributed by atoms with E-state index < -0.39 is 18.2 Å². The zero-order valence-corrected chi connectivity index (χ0v) is 17.5. The van der Waals surface area contributed by atoms with Gasteiger partial charge in [-0.05, 0) is 37.1 Å². The number of aromatic nitrogens is 1. The fourth-order valence-corrected chi connectivity index (χ4v) is 4.35. The van der Waals surface area contributed by atoms with E-state index in [-0.39, 0.29) is 18.4 Å². The number of benzene rings is 1. The molecule has 164 valence electrons. The normalized spacial score (nSPS) is 19.4. The molecular formula is C20H23N5O5S. The van der Waals surface area contributed by atoms with Crippen LogP contribution in [0.3, 0.4) is 0 Å². The average molecular weight is 446 g/mol. The number of amides is 2. The van der Waals surface area contributed by atoms with E-state index >= 15 is 0 Å². The van der Waals surface area contributed by atoms with Crippen molar-refractivity contribution in [2.24, 2.45) is 5.92 Å². The fourth-order valence-electron chi connectivity index (χ4n) is 3.75. The van der Waals surface area contributed by atoms with Crippen molar-refractivity contribution < 1.29 is 24.2 Å². The predicted molar refractivity (Wildman–Crippen MR) is 115 cm³/mol. The van der Waals surface area contributed by atoms with Gasteiger partial charge in [0.15, 0.2) is 5.13 Å². The molecule has 0 spiro atoms. The van der Waals surface area contributed by atoms with Crippen molar-refractivity contribution in [1.29, 1.82) is 0 Å². The first-order valence-corrected chi connectivity index (χ1v) is 10.8. The molecule has 0 radical (unpaired) electrons. The molecule has 4 N–H and O–H groups in total. The van der Waals surface area contributed by atoms with Gasteiger partial charge in [-0.15, -0.1) is 0 Å². The van der Waals surface area contributed by atoms with Gasteiger partial charge in [-0.25, -0.2) is 9.78 Å². The van der Waals surface area contributed by atoms with E-state index in [2.05, 4.69) is 15.2 Å². The molecule has 1 aromatic heterocycles. The Kier molecular flexibility index (Phi) is 5.94. The summed E-state index contributed by atoms with van der Waals surface area (Å²) >= 11 is 1.09. The molecule has 2 amide bonds. The van der Waals surface area contributed by atoms with Gasteiger partial charge in [0.2, 0.25) is 0 Å². The third-order valence-electron chi connectivity index (χ3n) is 5.48. The summed E-state index contributed by atoms with van der Waals surface area (Å²) in [7, 11) is 0. The fraction of sp³-hybridized carbons (Fsp3) is 0.400. The first-order valence-electron chi connectivity index (χ1n) is 9.96. The number of nitrogens with two attached hydrogens (primary N) is 1. The third kappa shape index (κ3) is 4.71. The van der Waals surface area contributed by atoms with E-state index in [0.29, 0.717) is 48.2 Å². The van der Waals surface area contributed by atoms with Gasteiger partial charge in [0.1, 0.15) is 11.0 Å². The van der Waals surface area contributed by atoms with E-state index in [0.717, 1.165) is 17.0 Å². The standard InChI is InChI=1S/C20H23N5O5S/c21-19-23-10-16(31-19)17(26)22-9-15-11-25(20(29)30-15)14-3-1-13(2-4-14)24-7-5-12(6-8-24)18(27)28/h1-4,10,12,15H,5-9,11H2,(H2,21,23)(H,22,26)(H,27,28)/t15-/m0/s1. The van der Waals surface area contributed by atoms with Gasteiger partial charge in [0.05, 0.1) is 25.2 Å². The van der Waals surface area contributed by atoms with Crippen molar-refractivity contribution in [2.45, 2.75) is 18.9 Å². The van der Waals surface area contributed by atoms with Crippen LogP contribution in [0.25, 0.3) is 0 Å². The Balaban J connectivity index is 1.31. The summed E-state index contributed by atoms with van der Waals surface area (Å²) in [5.41, 5.74) is 7.24. The van der Waals surface area contributed by atoms with Crippen LogP contribution in [0, 0.1) is 5.92 Å². The Labute approximate surface area is 182 Å². The van der Waals surface area contributed by atoms with Crippen LogP contribution in [0.1, 0.15) is 22.5 Å². The minimum atomic E-state index is -0.732. The van der Waals surface area contributed by atoms with E-state index in [1.54, 1.807) is 0 Å². The second-order valence-corrected chi connectivity index (χ2v) is 8.57. The maximum absolute atomic E-state index is 12.3. The highest BCUT2D eigenvalue weighted by atomic mass is 32.1. The number of carbonyl (C=O) groups is 3. The van der Waals surface area contributed by atoms with Crippen molar-refractivity contribution in [3.8, 4) is 0 Å². The minimum absolute atomic E-state index is 0.190. The molecule has 2 aliphatic rings. The maximum atomic E-state index is 12.3. The van der Waals surface area contributed by atoms with Crippen LogP contribution in [-0.4, -0.2) is 60.3 Å². The maximum Gasteiger partial charge on any atom is 0.414 e. The number of carboxylic acid groups (broad SMARTS) is 1. The number of nitrogens with zero attached hydrogens (tertiary/aromatic N) is 3. The molecule has 2 fully saturated rings. The van der Waals surface area contributed by atoms with Crippen LogP contribution in [0.15, 0.2) is 30.5 Å². The summed E-state index contributed by atoms with van der Waals surface area (Å²) in [5.74, 6) is -1.31. The monoisotopic (exact) mass is 445 g/mol. The Bertz CT molecular complexity index is 971. The topological polar surface area (TPSA) is 138 Å². The van der Waals surface area contributed by atoms with Crippen LogP contribution in [-0.2, 0) is 9.53 Å². The number of anilines is 3. The highest BCUT2D eigenvalue weighted by Gasteiger charge is 2.33. The Hall–Kier alpha value is -3.34. The first kappa shape index (κ1) is 20.9. The van der Waals surface area contributed by atoms with Crippen LogP contribution in [0.5, 0.6) is 0 Å². The van der Waals surface area contributed by atoms with Crippen LogP contribution < -0.4 is 20.9 Å². The number of rotatable bonds is 6. The molecule has 2 aliphatic heterocycles. The lowest BCUT2D eigenvalue weighted by Crippen LogP contribution is -2.36. The lowest BCUT2D eigenvalue weighted by atomic mass is 9.97. The molecule has 11 heteroatoms. The quantitative estimate of drug-likeness (QED) is 0.612. The summed E-state index contributed by atoms with van der Waals surface area (Å²) < 4.78 is 5.37. The second-order valence-electron chi connectivity index (χ2n) is 7.51. The number of cyclic esters (lactones) is 1. The lowest BCUT2D eigenvalue weighted by molar-refractivity contribution is -0.142. The van der Waals surface area contributed by atoms with Crippen molar-refractivity contribution >= 4 is 45.8 Å². The molecule has 0 unspecified atom stereocenters. The Morgan fingerprint density at radius 1 is 1.23 bits per heavy atom. The number of piperidine rings is 1. The SMILES string of the molecule is Nc1ncc(C(=O)NC[C@H]2CN(c3ccc(N4CCC(C(=O)O)CC4)cc3)C(=O)O2)s1. The van der Waals surface area contributed by atoms with Gasteiger partial charge in [-0.1, -0.05) is 11.3 Å². The number of carboxylic acids is 1. The Morgan fingerprint density at radius 3 is 2.52 bits per heavy atom. The Morgan fingerprint density at radius 2 is 1.90 bits per heavy atom. The molecule has 2 saturated heterocycles. The number of hydrogen-bond acceptors (Lipinski definition) is 8. The van der Waals surface area contributed by atoms with Crippen LogP contribution >= 0.6 is 11.3 Å². The largest absolute Gasteiger partial charge is 0.481 e. The van der Waals surface area contributed by atoms with Gasteiger partial charge >= 0.3 is 12.1 Å². The smallest absolute Gasteiger partial charge is 0.414 e. The zero-order valence-electron chi connectivity index (χ0n) is 16.7. The molecule has 2 aromatic rings. The molecule has 31 heavy (non-hydrogen) atoms. The molecule has 0 aliphatic carbocycles. The van der Waals surface area contributed by atoms with Gasteiger partial charge < -0.3 is 25.8 Å². The highest BCUT2D eigenvalue weighted by molar-refractivity contribution is 7.17. The molecule has 1 atom stereocenters. The highest BCUT2D eigenvalue weighted by Crippen LogP contribution is 2.28. The van der Waals surface area contributed by atoms with E-state index in [9.17, 15) is 14.4 Å². The average Bonchev–Trinajstić information content (AvgIpc) is 3.37. The molecule has 1 aromatic carbocycles. The summed E-state index contributed by atoms with van der Waals surface area (Å²) in [6.07, 6.45) is 1.73. The third-order valence-corrected chi connectivity index (χ3v) is 6.31. The number of carbonyl (C=O) groups excluding carboxylic acids is 2. The zero-order chi connectivity index (χ0) is 22.0. The number of nitrogens with one attached hydrogen (secondary N) is 1. The molecule has 0 saturated carbocycles. The van der Waals surface area contributed by atoms with Crippen LogP contribution in [0.4, 0.5) is 21.3 Å². The van der Waals surface area contributed by atoms with Crippen molar-refractivity contribution in [2.75, 3.05) is 41.7 Å². The van der Waals surface area contributed by atoms with Gasteiger partial charge in [0.25, 0.3) is 5.91 Å². The summed E-state index contributed by atoms with van der Waals surface area (Å²) in [6, 6.07) is 7.54. The second kappa shape index (κ2) is 8.80. The van der Waals surface area contributed by atoms with E-state index in [1.807, 2.05) is 24.3 Å². The van der Waals surface area contributed by atoms with Gasteiger partial charge in [-0.3, -0.25) is 14.5 Å². The molecule has 0 bridgehead atoms. The lowest BCUT2D eigenvalue weighted by Gasteiger charge is -2.32. The van der Waals surface area contributed by atoms with E-state index in [4.69, 9.17) is 15.6 Å². The molecular weight excluding hydrogens is 422 g/mol. The summed E-state index contributed by atoms with van der Waals surface area (Å²) in [5, 5.41) is 12.2. The van der Waals surface area contributed by atoms with Gasteiger partial charge in [-0.2, -0.15) is 0 Å². The minimum Gasteiger partial charge on any atom is -0.481 e. The molecule has 3 heterocycles. The van der Waals surface area contributed by atoms with Gasteiger partial charge in [0, 0.05) is 24.5 Å². The van der Waals surface area contributed by atoms with Crippen molar-refractivity contribution in [3.05, 3.63) is 35.3 Å². The number of thiazole rings is 1. The number of ether oxygens (including phenoxy) is 1. The van der Waals surface area contributed by atoms with Crippen molar-refractivity contribution in [3.63, 3.8) is 0 Å².